The van der Waals surface area contributed by atoms with Gasteiger partial charge in [0.25, 0.3) is 17.5 Å². The zero-order valence-corrected chi connectivity index (χ0v) is 14.2. The van der Waals surface area contributed by atoms with E-state index in [0.29, 0.717) is 5.78 Å². The van der Waals surface area contributed by atoms with Crippen molar-refractivity contribution in [3.8, 4) is 6.07 Å². The molecule has 3 rings (SSSR count). The molecule has 0 radical (unpaired) electrons. The highest BCUT2D eigenvalue weighted by molar-refractivity contribution is 5.88. The van der Waals surface area contributed by atoms with E-state index in [4.69, 9.17) is 4.74 Å². The van der Waals surface area contributed by atoms with E-state index in [9.17, 15) is 14.9 Å². The normalized spacial score (nSPS) is 16.1. The van der Waals surface area contributed by atoms with Gasteiger partial charge in [0.15, 0.2) is 6.61 Å². The van der Waals surface area contributed by atoms with Crippen LogP contribution in [-0.2, 0) is 9.53 Å². The van der Waals surface area contributed by atoms with E-state index < -0.39 is 24.0 Å². The van der Waals surface area contributed by atoms with Crippen LogP contribution in [0.25, 0.3) is 5.78 Å². The molecule has 1 fully saturated rings. The number of ether oxygens (including phenoxy) is 1. The molecule has 9 nitrogen and oxygen atoms in total. The summed E-state index contributed by atoms with van der Waals surface area (Å²) >= 11 is 0. The van der Waals surface area contributed by atoms with Crippen LogP contribution < -0.4 is 5.32 Å². The molecule has 130 valence electrons. The molecule has 1 saturated carbocycles. The van der Waals surface area contributed by atoms with Gasteiger partial charge in [0.1, 0.15) is 5.54 Å². The van der Waals surface area contributed by atoms with Crippen molar-refractivity contribution in [2.45, 2.75) is 39.2 Å². The number of aromatic nitrogens is 4. The Bertz CT molecular complexity index is 895. The number of nitriles is 1. The predicted octanol–water partition coefficient (Wildman–Crippen LogP) is 0.706. The second kappa shape index (κ2) is 6.12. The Morgan fingerprint density at radius 2 is 2.16 bits per heavy atom. The third-order valence-electron chi connectivity index (χ3n) is 4.16. The number of nitrogens with one attached hydrogen (secondary N) is 1. The molecule has 9 heteroatoms. The molecule has 25 heavy (non-hydrogen) atoms. The summed E-state index contributed by atoms with van der Waals surface area (Å²) in [5, 5.41) is 15.9. The van der Waals surface area contributed by atoms with E-state index in [-0.39, 0.29) is 11.7 Å². The van der Waals surface area contributed by atoms with Crippen molar-refractivity contribution in [1.29, 1.82) is 5.26 Å². The minimum absolute atomic E-state index is 0.148. The zero-order chi connectivity index (χ0) is 18.2. The Labute approximate surface area is 144 Å². The first-order valence-corrected chi connectivity index (χ1v) is 7.93. The third-order valence-corrected chi connectivity index (χ3v) is 4.16. The number of nitrogens with zero attached hydrogens (tertiary/aromatic N) is 5. The second-order valence-corrected chi connectivity index (χ2v) is 6.40. The van der Waals surface area contributed by atoms with Gasteiger partial charge >= 0.3 is 5.97 Å². The second-order valence-electron chi connectivity index (χ2n) is 6.40. The summed E-state index contributed by atoms with van der Waals surface area (Å²) in [5.74, 6) is -1.07. The van der Waals surface area contributed by atoms with E-state index in [1.807, 2.05) is 19.9 Å². The van der Waals surface area contributed by atoms with Gasteiger partial charge in [-0.05, 0) is 45.6 Å². The van der Waals surface area contributed by atoms with Crippen LogP contribution in [0.4, 0.5) is 0 Å². The third kappa shape index (κ3) is 3.42. The standard InChI is InChI=1S/C16H18N6O3/c1-9-6-10(2)22-15(18-9)19-13(21-22)14(24)25-7-12(23)20-16(3,8-17)11-4-5-11/h6,11H,4-5,7H2,1-3H3,(H,20,23)/t16-/m1/s1. The number of carbonyl (C=O) groups is 2. The molecule has 1 atom stereocenters. The highest BCUT2D eigenvalue weighted by Gasteiger charge is 2.43. The fourth-order valence-electron chi connectivity index (χ4n) is 2.66. The maximum Gasteiger partial charge on any atom is 0.378 e. The Kier molecular flexibility index (Phi) is 4.12. The van der Waals surface area contributed by atoms with E-state index in [1.54, 1.807) is 6.92 Å². The van der Waals surface area contributed by atoms with Gasteiger partial charge < -0.3 is 10.1 Å². The summed E-state index contributed by atoms with van der Waals surface area (Å²) in [4.78, 5) is 32.2. The minimum atomic E-state index is -0.927. The maximum atomic E-state index is 12.1. The largest absolute Gasteiger partial charge is 0.450 e. The van der Waals surface area contributed by atoms with Gasteiger partial charge in [-0.2, -0.15) is 10.2 Å². The maximum absolute atomic E-state index is 12.1. The lowest BCUT2D eigenvalue weighted by Crippen LogP contribution is -2.48. The summed E-state index contributed by atoms with van der Waals surface area (Å²) in [6, 6.07) is 3.92. The molecule has 0 bridgehead atoms. The van der Waals surface area contributed by atoms with Gasteiger partial charge in [-0.25, -0.2) is 14.3 Å². The number of hydrogen-bond donors (Lipinski definition) is 1. The molecule has 2 heterocycles. The average Bonchev–Trinajstić information content (AvgIpc) is 3.33. The molecule has 0 aromatic carbocycles. The molecule has 1 N–H and O–H groups in total. The van der Waals surface area contributed by atoms with Gasteiger partial charge in [-0.15, -0.1) is 5.10 Å². The topological polar surface area (TPSA) is 122 Å². The zero-order valence-electron chi connectivity index (χ0n) is 14.2. The SMILES string of the molecule is Cc1cc(C)n2nc(C(=O)OCC(=O)N[C@](C)(C#N)C3CC3)nc2n1. The first kappa shape index (κ1) is 16.8. The quantitative estimate of drug-likeness (QED) is 0.794. The minimum Gasteiger partial charge on any atom is -0.450 e. The van der Waals surface area contributed by atoms with E-state index in [1.165, 1.54) is 4.52 Å². The Balaban J connectivity index is 1.64. The van der Waals surface area contributed by atoms with E-state index in [2.05, 4.69) is 26.5 Å². The molecule has 2 aromatic heterocycles. The van der Waals surface area contributed by atoms with Crippen molar-refractivity contribution in [2.75, 3.05) is 6.61 Å². The summed E-state index contributed by atoms with van der Waals surface area (Å²) < 4.78 is 6.39. The van der Waals surface area contributed by atoms with Crippen LogP contribution >= 0.6 is 0 Å². The lowest BCUT2D eigenvalue weighted by Gasteiger charge is -2.22. The molecule has 1 amide bonds. The molecule has 1 aliphatic carbocycles. The molecule has 1 aliphatic rings. The highest BCUT2D eigenvalue weighted by atomic mass is 16.5. The fourth-order valence-corrected chi connectivity index (χ4v) is 2.66. The smallest absolute Gasteiger partial charge is 0.378 e. The van der Waals surface area contributed by atoms with Crippen molar-refractivity contribution in [2.24, 2.45) is 5.92 Å². The molecule has 2 aromatic rings. The van der Waals surface area contributed by atoms with Gasteiger partial charge in [0.05, 0.1) is 6.07 Å². The number of hydrogen-bond acceptors (Lipinski definition) is 7. The summed E-state index contributed by atoms with van der Waals surface area (Å²) in [7, 11) is 0. The van der Waals surface area contributed by atoms with Crippen LogP contribution in [-0.4, -0.2) is 43.6 Å². The number of fused-ring (bicyclic) bond motifs is 1. The van der Waals surface area contributed by atoms with Crippen molar-refractivity contribution in [3.05, 3.63) is 23.3 Å². The summed E-state index contributed by atoms with van der Waals surface area (Å²) in [5.41, 5.74) is 0.609. The van der Waals surface area contributed by atoms with Gasteiger partial charge in [0, 0.05) is 11.4 Å². The Hall–Kier alpha value is -3.02. The Morgan fingerprint density at radius 1 is 1.44 bits per heavy atom. The van der Waals surface area contributed by atoms with Crippen molar-refractivity contribution in [3.63, 3.8) is 0 Å². The van der Waals surface area contributed by atoms with Crippen molar-refractivity contribution < 1.29 is 14.3 Å². The molecule has 0 aliphatic heterocycles. The average molecular weight is 342 g/mol. The van der Waals surface area contributed by atoms with E-state index >= 15 is 0 Å². The molecular weight excluding hydrogens is 324 g/mol. The van der Waals surface area contributed by atoms with Crippen LogP contribution in [0.5, 0.6) is 0 Å². The molecule has 0 spiro atoms. The lowest BCUT2D eigenvalue weighted by atomic mass is 9.98. The lowest BCUT2D eigenvalue weighted by molar-refractivity contribution is -0.125. The van der Waals surface area contributed by atoms with Crippen molar-refractivity contribution in [1.82, 2.24) is 24.9 Å². The van der Waals surface area contributed by atoms with Gasteiger partial charge in [0.2, 0.25) is 0 Å². The number of aryl methyl sites for hydroxylation is 2. The fraction of sp³-hybridized carbons (Fsp3) is 0.500. The monoisotopic (exact) mass is 342 g/mol. The highest BCUT2D eigenvalue weighted by Crippen LogP contribution is 2.39. The predicted molar refractivity (Wildman–Crippen MR) is 85.4 cm³/mol. The summed E-state index contributed by atoms with van der Waals surface area (Å²) in [6.07, 6.45) is 1.81. The number of carbonyl (C=O) groups excluding carboxylic acids is 2. The van der Waals surface area contributed by atoms with E-state index in [0.717, 1.165) is 24.2 Å². The van der Waals surface area contributed by atoms with Crippen LogP contribution in [0.2, 0.25) is 0 Å². The first-order chi connectivity index (χ1) is 11.8. The molecule has 0 saturated heterocycles. The van der Waals surface area contributed by atoms with Gasteiger partial charge in [-0.1, -0.05) is 0 Å². The van der Waals surface area contributed by atoms with Crippen molar-refractivity contribution >= 4 is 17.7 Å². The summed E-state index contributed by atoms with van der Waals surface area (Å²) in [6.45, 7) is 4.81. The Morgan fingerprint density at radius 3 is 2.80 bits per heavy atom. The molecule has 0 unspecified atom stereocenters. The first-order valence-electron chi connectivity index (χ1n) is 7.93. The van der Waals surface area contributed by atoms with Crippen LogP contribution in [0, 0.1) is 31.1 Å². The van der Waals surface area contributed by atoms with Crippen LogP contribution in [0.1, 0.15) is 41.8 Å². The van der Waals surface area contributed by atoms with Gasteiger partial charge in [-0.3, -0.25) is 4.79 Å². The molecular formula is C16H18N6O3. The number of rotatable bonds is 5. The van der Waals surface area contributed by atoms with Crippen LogP contribution in [0.15, 0.2) is 6.07 Å². The number of amides is 1. The number of esters is 1. The van der Waals surface area contributed by atoms with Crippen LogP contribution in [0.3, 0.4) is 0 Å².